The second-order valence-corrected chi connectivity index (χ2v) is 13.2. The van der Waals surface area contributed by atoms with Gasteiger partial charge in [-0.1, -0.05) is 142 Å². The average Bonchev–Trinajstić information content (AvgIpc) is 3.38. The summed E-state index contributed by atoms with van der Waals surface area (Å²) in [6, 6.07) is 1.16. The van der Waals surface area contributed by atoms with Crippen LogP contribution in [0.5, 0.6) is 0 Å². The molecule has 0 bridgehead atoms. The molecule has 0 amide bonds. The van der Waals surface area contributed by atoms with Crippen LogP contribution in [0.15, 0.2) is 21.9 Å². The normalized spacial score (nSPS) is 19.2. The van der Waals surface area contributed by atoms with Crippen molar-refractivity contribution in [2.24, 2.45) is 0 Å². The molecule has 1 aromatic rings. The van der Waals surface area contributed by atoms with Gasteiger partial charge < -0.3 is 19.3 Å². The molecule has 10 nitrogen and oxygen atoms in total. The van der Waals surface area contributed by atoms with Crippen LogP contribution in [0.2, 0.25) is 0 Å². The van der Waals surface area contributed by atoms with E-state index in [1.165, 1.54) is 96.1 Å². The Morgan fingerprint density at radius 2 is 1.09 bits per heavy atom. The summed E-state index contributed by atoms with van der Waals surface area (Å²) in [5.41, 5.74) is -1.33. The van der Waals surface area contributed by atoms with Crippen molar-refractivity contribution < 1.29 is 28.9 Å². The maximum atomic E-state index is 13.0. The molecule has 0 aromatic carbocycles. The molecule has 270 valence electrons. The highest BCUT2D eigenvalue weighted by Gasteiger charge is 2.50. The largest absolute Gasteiger partial charge is 0.455 e. The Bertz CT molecular complexity index is 1090. The van der Waals surface area contributed by atoms with Crippen LogP contribution in [-0.2, 0) is 23.8 Å². The fourth-order valence-electron chi connectivity index (χ4n) is 6.26. The Kier molecular flexibility index (Phi) is 22.1. The van der Waals surface area contributed by atoms with Gasteiger partial charge in [-0.15, -0.1) is 0 Å². The van der Waals surface area contributed by atoms with Gasteiger partial charge in [-0.3, -0.25) is 23.9 Å². The van der Waals surface area contributed by atoms with Crippen LogP contribution in [0.25, 0.3) is 0 Å². The maximum Gasteiger partial charge on any atom is 0.330 e. The second kappa shape index (κ2) is 25.5. The van der Waals surface area contributed by atoms with Crippen LogP contribution >= 0.6 is 0 Å². The number of ether oxygens (including phenoxy) is 3. The third-order valence-electron chi connectivity index (χ3n) is 9.09. The molecule has 2 heterocycles. The van der Waals surface area contributed by atoms with Crippen LogP contribution in [0.4, 0.5) is 0 Å². The first-order chi connectivity index (χ1) is 22.9. The summed E-state index contributed by atoms with van der Waals surface area (Å²) in [5, 5.41) is 10.1. The van der Waals surface area contributed by atoms with Crippen LogP contribution in [0.3, 0.4) is 0 Å². The summed E-state index contributed by atoms with van der Waals surface area (Å²) in [6.07, 6.45) is 22.7. The van der Waals surface area contributed by atoms with Crippen LogP contribution < -0.4 is 11.2 Å². The van der Waals surface area contributed by atoms with Crippen LogP contribution in [0, 0.1) is 0 Å². The van der Waals surface area contributed by atoms with Crippen molar-refractivity contribution in [1.82, 2.24) is 9.55 Å². The fourth-order valence-corrected chi connectivity index (χ4v) is 6.26. The number of hydrogen-bond donors (Lipinski definition) is 2. The lowest BCUT2D eigenvalue weighted by atomic mass is 10.1. The Morgan fingerprint density at radius 1 is 0.681 bits per heavy atom. The number of nitrogens with one attached hydrogen (secondary N) is 1. The summed E-state index contributed by atoms with van der Waals surface area (Å²) in [6.45, 7) is 3.95. The molecule has 0 radical (unpaired) electrons. The highest BCUT2D eigenvalue weighted by Crippen LogP contribution is 2.33. The first kappa shape index (κ1) is 40.7. The van der Waals surface area contributed by atoms with E-state index in [-0.39, 0.29) is 12.8 Å². The Hall–Kier alpha value is -2.46. The number of esters is 2. The summed E-state index contributed by atoms with van der Waals surface area (Å²) >= 11 is 0. The smallest absolute Gasteiger partial charge is 0.330 e. The minimum Gasteiger partial charge on any atom is -0.455 e. The third-order valence-corrected chi connectivity index (χ3v) is 9.09. The zero-order valence-electron chi connectivity index (χ0n) is 29.4. The minimum atomic E-state index is -1.17. The summed E-state index contributed by atoms with van der Waals surface area (Å²) in [7, 11) is 0. The second-order valence-electron chi connectivity index (χ2n) is 13.2. The SMILES string of the molecule is CCCCCCCCCCCCCC(=O)OC1C(OC(=O)CCCCCCCCCCCCC)[C@@H](n2ccc(=O)[nH]c2=O)O[C@H]1CO. The molecule has 1 saturated heterocycles. The average molecular weight is 665 g/mol. The predicted octanol–water partition coefficient (Wildman–Crippen LogP) is 7.65. The van der Waals surface area contributed by atoms with E-state index in [1.807, 2.05) is 0 Å². The van der Waals surface area contributed by atoms with Crippen molar-refractivity contribution in [1.29, 1.82) is 0 Å². The number of aromatic nitrogens is 2. The first-order valence-corrected chi connectivity index (χ1v) is 18.9. The van der Waals surface area contributed by atoms with Gasteiger partial charge in [0.15, 0.2) is 18.4 Å². The summed E-state index contributed by atoms with van der Waals surface area (Å²) in [4.78, 5) is 52.3. The van der Waals surface area contributed by atoms with Gasteiger partial charge in [0.1, 0.15) is 6.10 Å². The van der Waals surface area contributed by atoms with E-state index in [4.69, 9.17) is 14.2 Å². The molecule has 0 saturated carbocycles. The summed E-state index contributed by atoms with van der Waals surface area (Å²) < 4.78 is 18.6. The highest BCUT2D eigenvalue weighted by atomic mass is 16.6. The van der Waals surface area contributed by atoms with E-state index in [1.54, 1.807) is 0 Å². The number of aromatic amines is 1. The van der Waals surface area contributed by atoms with Crippen LogP contribution in [-0.4, -0.2) is 51.5 Å². The fraction of sp³-hybridized carbons (Fsp3) is 0.838. The van der Waals surface area contributed by atoms with E-state index in [2.05, 4.69) is 18.8 Å². The van der Waals surface area contributed by atoms with Crippen molar-refractivity contribution in [3.63, 3.8) is 0 Å². The lowest BCUT2D eigenvalue weighted by Gasteiger charge is -2.24. The van der Waals surface area contributed by atoms with Gasteiger partial charge >= 0.3 is 17.6 Å². The number of aliphatic hydroxyl groups is 1. The molecule has 0 spiro atoms. The van der Waals surface area contributed by atoms with Crippen molar-refractivity contribution in [3.05, 3.63) is 33.1 Å². The third kappa shape index (κ3) is 17.0. The first-order valence-electron chi connectivity index (χ1n) is 18.9. The van der Waals surface area contributed by atoms with Gasteiger partial charge in [0.25, 0.3) is 5.56 Å². The molecular weight excluding hydrogens is 600 g/mol. The molecule has 1 aromatic heterocycles. The molecule has 2 unspecified atom stereocenters. The maximum absolute atomic E-state index is 13.0. The molecule has 0 aliphatic carbocycles. The lowest BCUT2D eigenvalue weighted by molar-refractivity contribution is -0.169. The zero-order valence-corrected chi connectivity index (χ0v) is 29.4. The van der Waals surface area contributed by atoms with Crippen molar-refractivity contribution >= 4 is 11.9 Å². The molecule has 2 rings (SSSR count). The van der Waals surface area contributed by atoms with E-state index in [0.29, 0.717) is 12.8 Å². The van der Waals surface area contributed by atoms with Gasteiger partial charge in [-0.25, -0.2) is 4.79 Å². The van der Waals surface area contributed by atoms with Gasteiger partial charge in [-0.05, 0) is 12.8 Å². The van der Waals surface area contributed by atoms with Gasteiger partial charge in [0.05, 0.1) is 6.61 Å². The van der Waals surface area contributed by atoms with Crippen LogP contribution in [0.1, 0.15) is 174 Å². The molecule has 1 aliphatic heterocycles. The molecule has 1 aliphatic rings. The van der Waals surface area contributed by atoms with Gasteiger partial charge in [0.2, 0.25) is 0 Å². The number of nitrogens with zero attached hydrogens (tertiary/aromatic N) is 1. The quantitative estimate of drug-likeness (QED) is 0.0689. The number of hydrogen-bond acceptors (Lipinski definition) is 8. The molecule has 1 fully saturated rings. The van der Waals surface area contributed by atoms with E-state index >= 15 is 0 Å². The lowest BCUT2D eigenvalue weighted by Crippen LogP contribution is -2.42. The van der Waals surface area contributed by atoms with Gasteiger partial charge in [0, 0.05) is 25.1 Å². The Labute approximate surface area is 282 Å². The Balaban J connectivity index is 1.84. The standard InChI is InChI=1S/C37H64N2O8/c1-3-5-7-9-11-13-15-17-19-21-23-25-32(42)46-34-30(29-40)45-36(39-28-27-31(41)38-37(39)44)35(34)47-33(43)26-24-22-20-18-16-14-12-10-8-6-4-2/h27-28,30,34-36,40H,3-26,29H2,1-2H3,(H,38,41,44)/t30-,34?,35?,36-/m0/s1. The van der Waals surface area contributed by atoms with Crippen molar-refractivity contribution in [2.45, 2.75) is 192 Å². The number of unbranched alkanes of at least 4 members (excludes halogenated alkanes) is 20. The molecule has 4 atom stereocenters. The molecular formula is C37H64N2O8. The topological polar surface area (TPSA) is 137 Å². The van der Waals surface area contributed by atoms with Crippen molar-refractivity contribution in [3.8, 4) is 0 Å². The monoisotopic (exact) mass is 664 g/mol. The number of carbonyl (C=O) groups excluding carboxylic acids is 2. The van der Waals surface area contributed by atoms with E-state index in [0.717, 1.165) is 49.2 Å². The van der Waals surface area contributed by atoms with E-state index in [9.17, 15) is 24.3 Å². The number of carbonyl (C=O) groups is 2. The van der Waals surface area contributed by atoms with Gasteiger partial charge in [-0.2, -0.15) is 0 Å². The van der Waals surface area contributed by atoms with Crippen molar-refractivity contribution in [2.75, 3.05) is 6.61 Å². The molecule has 47 heavy (non-hydrogen) atoms. The zero-order chi connectivity index (χ0) is 34.1. The Morgan fingerprint density at radius 3 is 1.49 bits per heavy atom. The number of aliphatic hydroxyl groups excluding tert-OH is 1. The predicted molar refractivity (Wildman–Crippen MR) is 184 cm³/mol. The molecule has 10 heteroatoms. The number of H-pyrrole nitrogens is 1. The molecule has 2 N–H and O–H groups in total. The minimum absolute atomic E-state index is 0.184. The number of rotatable bonds is 28. The summed E-state index contributed by atoms with van der Waals surface area (Å²) in [5.74, 6) is -0.948. The van der Waals surface area contributed by atoms with E-state index < -0.39 is 54.3 Å². The highest BCUT2D eigenvalue weighted by molar-refractivity contribution is 5.70.